The predicted octanol–water partition coefficient (Wildman–Crippen LogP) is 0.154. The van der Waals surface area contributed by atoms with Gasteiger partial charge >= 0.3 is 0 Å². The Hall–Kier alpha value is -2.00. The molecule has 1 rings (SSSR count). The lowest BCUT2D eigenvalue weighted by Gasteiger charge is -2.23. The minimum absolute atomic E-state index is 0.0526. The predicted molar refractivity (Wildman–Crippen MR) is 102 cm³/mol. The van der Waals surface area contributed by atoms with Crippen LogP contribution in [0.2, 0.25) is 0 Å². The van der Waals surface area contributed by atoms with Crippen LogP contribution in [0.25, 0.3) is 0 Å². The molecule has 0 saturated heterocycles. The molecule has 8 heteroatoms. The number of benzene rings is 1. The van der Waals surface area contributed by atoms with Gasteiger partial charge in [0.15, 0.2) is 5.78 Å². The smallest absolute Gasteiger partial charge is 0.251 e. The second-order valence-electron chi connectivity index (χ2n) is 7.57. The monoisotopic (exact) mass is 382 g/mol. The Morgan fingerprint density at radius 1 is 0.926 bits per heavy atom. The summed E-state index contributed by atoms with van der Waals surface area (Å²) in [5, 5.41) is 42.4. The van der Waals surface area contributed by atoms with Gasteiger partial charge in [0.05, 0.1) is 19.3 Å². The fraction of sp³-hybridized carbons (Fsp3) is 0.579. The number of nitrogens with one attached hydrogen (secondary N) is 2. The highest BCUT2D eigenvalue weighted by Crippen LogP contribution is 2.21. The van der Waals surface area contributed by atoms with Crippen LogP contribution in [-0.2, 0) is 0 Å². The molecular weight excluding hydrogens is 352 g/mol. The second-order valence-corrected chi connectivity index (χ2v) is 7.57. The molecule has 1 aromatic rings. The average molecular weight is 382 g/mol. The van der Waals surface area contributed by atoms with Crippen molar-refractivity contribution < 1.29 is 30.0 Å². The fourth-order valence-corrected chi connectivity index (χ4v) is 2.41. The molecular formula is C19H30N2O6. The molecule has 1 aromatic carbocycles. The second kappa shape index (κ2) is 10.4. The van der Waals surface area contributed by atoms with Gasteiger partial charge in [0.25, 0.3) is 5.91 Å². The number of amides is 1. The van der Waals surface area contributed by atoms with Crippen LogP contribution in [0.1, 0.15) is 47.9 Å². The first-order chi connectivity index (χ1) is 12.6. The van der Waals surface area contributed by atoms with Crippen molar-refractivity contribution in [3.8, 4) is 0 Å². The van der Waals surface area contributed by atoms with Gasteiger partial charge < -0.3 is 31.1 Å². The number of ketones is 1. The topological polar surface area (TPSA) is 139 Å². The molecule has 0 saturated carbocycles. The van der Waals surface area contributed by atoms with E-state index in [9.17, 15) is 19.8 Å². The number of carbonyl (C=O) groups is 2. The van der Waals surface area contributed by atoms with Gasteiger partial charge in [-0.3, -0.25) is 9.59 Å². The maximum absolute atomic E-state index is 12.5. The summed E-state index contributed by atoms with van der Waals surface area (Å²) in [6, 6.07) is 3.82. The van der Waals surface area contributed by atoms with Crippen LogP contribution in [0.5, 0.6) is 0 Å². The number of anilines is 1. The number of aliphatic hydroxyl groups excluding tert-OH is 4. The molecule has 0 aliphatic heterocycles. The molecule has 6 N–H and O–H groups in total. The van der Waals surface area contributed by atoms with Crippen molar-refractivity contribution in [3.63, 3.8) is 0 Å². The van der Waals surface area contributed by atoms with E-state index in [1.807, 2.05) is 20.8 Å². The van der Waals surface area contributed by atoms with E-state index >= 15 is 0 Å². The summed E-state index contributed by atoms with van der Waals surface area (Å²) in [4.78, 5) is 25.0. The minimum atomic E-state index is -0.802. The summed E-state index contributed by atoms with van der Waals surface area (Å²) in [5.74, 6) is -1.41. The largest absolute Gasteiger partial charge is 0.396 e. The van der Waals surface area contributed by atoms with Crippen LogP contribution in [0.3, 0.4) is 0 Å². The van der Waals surface area contributed by atoms with Crippen molar-refractivity contribution in [2.45, 2.75) is 38.8 Å². The summed E-state index contributed by atoms with van der Waals surface area (Å²) in [6.07, 6.45) is -0.0526. The van der Waals surface area contributed by atoms with Gasteiger partial charge in [0.1, 0.15) is 0 Å². The van der Waals surface area contributed by atoms with Gasteiger partial charge in [-0.25, -0.2) is 0 Å². The molecule has 1 amide bonds. The van der Waals surface area contributed by atoms with E-state index in [4.69, 9.17) is 10.2 Å². The highest BCUT2D eigenvalue weighted by molar-refractivity contribution is 6.02. The third-order valence-corrected chi connectivity index (χ3v) is 3.80. The summed E-state index contributed by atoms with van der Waals surface area (Å²) >= 11 is 0. The molecule has 0 aliphatic carbocycles. The molecule has 0 bridgehead atoms. The number of hydrogen-bond donors (Lipinski definition) is 6. The van der Waals surface area contributed by atoms with Crippen molar-refractivity contribution in [2.75, 3.05) is 31.7 Å². The molecule has 0 unspecified atom stereocenters. The summed E-state index contributed by atoms with van der Waals surface area (Å²) in [5.41, 5.74) is 0.717. The highest BCUT2D eigenvalue weighted by Gasteiger charge is 2.20. The number of aliphatic hydroxyl groups is 4. The summed E-state index contributed by atoms with van der Waals surface area (Å²) in [7, 11) is 0. The summed E-state index contributed by atoms with van der Waals surface area (Å²) < 4.78 is 0. The van der Waals surface area contributed by atoms with E-state index in [-0.39, 0.29) is 42.1 Å². The third kappa shape index (κ3) is 7.64. The molecule has 0 atom stereocenters. The zero-order chi connectivity index (χ0) is 20.6. The van der Waals surface area contributed by atoms with E-state index in [0.717, 1.165) is 0 Å². The molecule has 0 aliphatic rings. The number of hydrogen-bond acceptors (Lipinski definition) is 7. The van der Waals surface area contributed by atoms with Gasteiger partial charge in [0, 0.05) is 47.9 Å². The average Bonchev–Trinajstić information content (AvgIpc) is 2.61. The van der Waals surface area contributed by atoms with Crippen LogP contribution >= 0.6 is 0 Å². The van der Waals surface area contributed by atoms with Crippen LogP contribution in [-0.4, -0.2) is 70.1 Å². The SMILES string of the molecule is CC(C)(C)Nc1cc(C(=O)CC(CO)CO)cc(C(=O)NC(CO)CO)c1. The number of rotatable bonds is 10. The standard InChI is InChI=1S/C19H30N2O6/c1-19(2,3)21-15-6-13(17(26)4-12(8-22)9-23)5-14(7-15)18(27)20-16(10-24)11-25/h5-7,12,16,21-25H,4,8-11H2,1-3H3,(H,20,27). The molecule has 0 fully saturated rings. The van der Waals surface area contributed by atoms with Crippen molar-refractivity contribution in [1.82, 2.24) is 5.32 Å². The molecule has 0 radical (unpaired) electrons. The van der Waals surface area contributed by atoms with Gasteiger partial charge in [-0.05, 0) is 39.0 Å². The Morgan fingerprint density at radius 2 is 1.48 bits per heavy atom. The molecule has 27 heavy (non-hydrogen) atoms. The van der Waals surface area contributed by atoms with E-state index in [0.29, 0.717) is 5.69 Å². The van der Waals surface area contributed by atoms with Crippen LogP contribution < -0.4 is 10.6 Å². The van der Waals surface area contributed by atoms with Gasteiger partial charge in [-0.2, -0.15) is 0 Å². The zero-order valence-electron chi connectivity index (χ0n) is 16.0. The molecule has 152 valence electrons. The Kier molecular flexibility index (Phi) is 8.84. The van der Waals surface area contributed by atoms with Gasteiger partial charge in [-0.15, -0.1) is 0 Å². The molecule has 0 spiro atoms. The maximum atomic E-state index is 12.5. The normalized spacial score (nSPS) is 11.7. The van der Waals surface area contributed by atoms with Crippen molar-refractivity contribution >= 4 is 17.4 Å². The first-order valence-corrected chi connectivity index (χ1v) is 8.84. The van der Waals surface area contributed by atoms with E-state index in [1.165, 1.54) is 6.07 Å². The van der Waals surface area contributed by atoms with Crippen LogP contribution in [0, 0.1) is 5.92 Å². The van der Waals surface area contributed by atoms with Gasteiger partial charge in [-0.1, -0.05) is 0 Å². The lowest BCUT2D eigenvalue weighted by Crippen LogP contribution is -2.40. The van der Waals surface area contributed by atoms with Crippen LogP contribution in [0.4, 0.5) is 5.69 Å². The van der Waals surface area contributed by atoms with Gasteiger partial charge in [0.2, 0.25) is 0 Å². The number of carbonyl (C=O) groups excluding carboxylic acids is 2. The molecule has 0 aromatic heterocycles. The molecule has 8 nitrogen and oxygen atoms in total. The Labute approximate surface area is 159 Å². The van der Waals surface area contributed by atoms with Crippen molar-refractivity contribution in [1.29, 1.82) is 0 Å². The first-order valence-electron chi connectivity index (χ1n) is 8.84. The maximum Gasteiger partial charge on any atom is 0.251 e. The Balaban J connectivity index is 3.20. The Bertz CT molecular complexity index is 589. The third-order valence-electron chi connectivity index (χ3n) is 3.80. The molecule has 0 heterocycles. The van der Waals surface area contributed by atoms with E-state index < -0.39 is 31.1 Å². The van der Waals surface area contributed by atoms with Crippen molar-refractivity contribution in [3.05, 3.63) is 29.3 Å². The summed E-state index contributed by atoms with van der Waals surface area (Å²) in [6.45, 7) is 4.34. The van der Waals surface area contributed by atoms with E-state index in [2.05, 4.69) is 10.6 Å². The minimum Gasteiger partial charge on any atom is -0.396 e. The first kappa shape index (κ1) is 23.0. The highest BCUT2D eigenvalue weighted by atomic mass is 16.3. The zero-order valence-corrected chi connectivity index (χ0v) is 16.0. The Morgan fingerprint density at radius 3 is 1.96 bits per heavy atom. The fourth-order valence-electron chi connectivity index (χ4n) is 2.41. The number of Topliss-reactive ketones (excluding diaryl/α,β-unsaturated/α-hetero) is 1. The lowest BCUT2D eigenvalue weighted by molar-refractivity contribution is 0.0876. The quantitative estimate of drug-likeness (QED) is 0.317. The van der Waals surface area contributed by atoms with E-state index in [1.54, 1.807) is 12.1 Å². The lowest BCUT2D eigenvalue weighted by atomic mass is 9.96. The van der Waals surface area contributed by atoms with Crippen LogP contribution in [0.15, 0.2) is 18.2 Å². The van der Waals surface area contributed by atoms with Crippen molar-refractivity contribution in [2.24, 2.45) is 5.92 Å².